The number of methoxy groups -OCH3 is 1. The van der Waals surface area contributed by atoms with Gasteiger partial charge in [0.15, 0.2) is 0 Å². The van der Waals surface area contributed by atoms with Crippen molar-refractivity contribution < 1.29 is 23.8 Å². The molecule has 24 heavy (non-hydrogen) atoms. The standard InChI is InChI=1S/C17H24N2O5/c1-17(2,3)24-16(21)19-10-6-7-12(19)11-23-14-13(15(20)22-4)8-5-9-18-14/h5,8-9,12H,6-7,10-11H2,1-4H3. The molecule has 1 aliphatic heterocycles. The van der Waals surface area contributed by atoms with Crippen LogP contribution in [-0.2, 0) is 9.47 Å². The molecule has 1 aromatic rings. The molecule has 1 aromatic heterocycles. The summed E-state index contributed by atoms with van der Waals surface area (Å²) in [5, 5.41) is 0. The Hall–Kier alpha value is -2.31. The van der Waals surface area contributed by atoms with Gasteiger partial charge in [0, 0.05) is 12.7 Å². The molecule has 7 nitrogen and oxygen atoms in total. The van der Waals surface area contributed by atoms with Crippen LogP contribution in [0.2, 0.25) is 0 Å². The molecule has 0 bridgehead atoms. The van der Waals surface area contributed by atoms with Crippen molar-refractivity contribution in [2.45, 2.75) is 45.3 Å². The van der Waals surface area contributed by atoms with Crippen molar-refractivity contribution in [2.75, 3.05) is 20.3 Å². The number of aromatic nitrogens is 1. The lowest BCUT2D eigenvalue weighted by Crippen LogP contribution is -2.42. The molecular weight excluding hydrogens is 312 g/mol. The van der Waals surface area contributed by atoms with E-state index in [2.05, 4.69) is 4.98 Å². The Morgan fingerprint density at radius 3 is 2.79 bits per heavy atom. The molecule has 2 rings (SSSR count). The van der Waals surface area contributed by atoms with Crippen LogP contribution in [0.3, 0.4) is 0 Å². The van der Waals surface area contributed by atoms with Crippen LogP contribution < -0.4 is 4.74 Å². The number of pyridine rings is 1. The number of nitrogens with zero attached hydrogens (tertiary/aromatic N) is 2. The molecule has 1 atom stereocenters. The molecule has 132 valence electrons. The number of carbonyl (C=O) groups excluding carboxylic acids is 2. The molecule has 0 aliphatic carbocycles. The second-order valence-electron chi connectivity index (χ2n) is 6.63. The maximum absolute atomic E-state index is 12.3. The summed E-state index contributed by atoms with van der Waals surface area (Å²) in [5.74, 6) is -0.297. The van der Waals surface area contributed by atoms with E-state index in [1.807, 2.05) is 20.8 Å². The lowest BCUT2D eigenvalue weighted by atomic mass is 10.2. The number of esters is 1. The maximum Gasteiger partial charge on any atom is 0.410 e. The van der Waals surface area contributed by atoms with Gasteiger partial charge in [0.2, 0.25) is 5.88 Å². The molecule has 0 radical (unpaired) electrons. The average Bonchev–Trinajstić information content (AvgIpc) is 2.99. The minimum absolute atomic E-state index is 0.104. The van der Waals surface area contributed by atoms with Gasteiger partial charge in [-0.25, -0.2) is 14.6 Å². The first kappa shape index (κ1) is 18.0. The fourth-order valence-electron chi connectivity index (χ4n) is 2.52. The van der Waals surface area contributed by atoms with Gasteiger partial charge in [0.05, 0.1) is 13.2 Å². The minimum atomic E-state index is -0.538. The fourth-order valence-corrected chi connectivity index (χ4v) is 2.52. The topological polar surface area (TPSA) is 78.0 Å². The van der Waals surface area contributed by atoms with Gasteiger partial charge in [-0.2, -0.15) is 0 Å². The summed E-state index contributed by atoms with van der Waals surface area (Å²) in [6, 6.07) is 3.13. The highest BCUT2D eigenvalue weighted by atomic mass is 16.6. The Labute approximate surface area is 141 Å². The van der Waals surface area contributed by atoms with E-state index < -0.39 is 11.6 Å². The van der Waals surface area contributed by atoms with E-state index in [4.69, 9.17) is 14.2 Å². The first-order valence-corrected chi connectivity index (χ1v) is 7.97. The van der Waals surface area contributed by atoms with Crippen molar-refractivity contribution in [1.82, 2.24) is 9.88 Å². The maximum atomic E-state index is 12.3. The van der Waals surface area contributed by atoms with Crippen LogP contribution in [0, 0.1) is 0 Å². The number of carbonyl (C=O) groups is 2. The third-order valence-corrected chi connectivity index (χ3v) is 3.59. The van der Waals surface area contributed by atoms with E-state index in [9.17, 15) is 9.59 Å². The summed E-state index contributed by atoms with van der Waals surface area (Å²) in [6.45, 7) is 6.39. The van der Waals surface area contributed by atoms with Gasteiger partial charge in [0.25, 0.3) is 0 Å². The predicted molar refractivity (Wildman–Crippen MR) is 87.0 cm³/mol. The van der Waals surface area contributed by atoms with Crippen LogP contribution in [-0.4, -0.2) is 53.9 Å². The summed E-state index contributed by atoms with van der Waals surface area (Å²) in [4.78, 5) is 29.7. The quantitative estimate of drug-likeness (QED) is 0.787. The van der Waals surface area contributed by atoms with Gasteiger partial charge >= 0.3 is 12.1 Å². The van der Waals surface area contributed by atoms with Gasteiger partial charge in [-0.05, 0) is 45.7 Å². The molecule has 0 saturated carbocycles. The summed E-state index contributed by atoms with van der Waals surface area (Å²) >= 11 is 0. The molecule has 0 spiro atoms. The zero-order valence-electron chi connectivity index (χ0n) is 14.6. The molecule has 0 N–H and O–H groups in total. The number of amides is 1. The number of hydrogen-bond acceptors (Lipinski definition) is 6. The van der Waals surface area contributed by atoms with Crippen molar-refractivity contribution >= 4 is 12.1 Å². The smallest absolute Gasteiger partial charge is 0.410 e. The van der Waals surface area contributed by atoms with Crippen molar-refractivity contribution in [2.24, 2.45) is 0 Å². The van der Waals surface area contributed by atoms with E-state index in [0.717, 1.165) is 12.8 Å². The van der Waals surface area contributed by atoms with Crippen molar-refractivity contribution in [3.8, 4) is 5.88 Å². The molecule has 1 aliphatic rings. The lowest BCUT2D eigenvalue weighted by Gasteiger charge is -2.28. The Balaban J connectivity index is 2.01. The number of rotatable bonds is 4. The summed E-state index contributed by atoms with van der Waals surface area (Å²) in [6.07, 6.45) is 2.91. The van der Waals surface area contributed by atoms with E-state index >= 15 is 0 Å². The number of likely N-dealkylation sites (tertiary alicyclic amines) is 1. The Bertz CT molecular complexity index is 597. The van der Waals surface area contributed by atoms with Crippen LogP contribution in [0.5, 0.6) is 5.88 Å². The Morgan fingerprint density at radius 2 is 2.12 bits per heavy atom. The van der Waals surface area contributed by atoms with Gasteiger partial charge < -0.3 is 19.1 Å². The highest BCUT2D eigenvalue weighted by Crippen LogP contribution is 2.23. The largest absolute Gasteiger partial charge is 0.475 e. The summed E-state index contributed by atoms with van der Waals surface area (Å²) < 4.78 is 15.8. The van der Waals surface area contributed by atoms with E-state index in [1.54, 1.807) is 23.2 Å². The highest BCUT2D eigenvalue weighted by molar-refractivity contribution is 5.91. The number of ether oxygens (including phenoxy) is 3. The SMILES string of the molecule is COC(=O)c1cccnc1OCC1CCCN1C(=O)OC(C)(C)C. The first-order chi connectivity index (χ1) is 11.3. The van der Waals surface area contributed by atoms with Crippen LogP contribution in [0.1, 0.15) is 44.0 Å². The predicted octanol–water partition coefficient (Wildman–Crippen LogP) is 2.65. The van der Waals surface area contributed by atoms with Gasteiger partial charge in [-0.1, -0.05) is 0 Å². The molecular formula is C17H24N2O5. The zero-order valence-corrected chi connectivity index (χ0v) is 14.6. The van der Waals surface area contributed by atoms with Crippen molar-refractivity contribution in [1.29, 1.82) is 0 Å². The molecule has 2 heterocycles. The average molecular weight is 336 g/mol. The monoisotopic (exact) mass is 336 g/mol. The molecule has 1 fully saturated rings. The third kappa shape index (κ3) is 4.59. The van der Waals surface area contributed by atoms with Crippen molar-refractivity contribution in [3.05, 3.63) is 23.9 Å². The van der Waals surface area contributed by atoms with Gasteiger partial charge in [0.1, 0.15) is 17.8 Å². The summed E-state index contributed by atoms with van der Waals surface area (Å²) in [7, 11) is 1.31. The Kier molecular flexibility index (Phi) is 5.64. The van der Waals surface area contributed by atoms with E-state index in [0.29, 0.717) is 6.54 Å². The molecule has 7 heteroatoms. The van der Waals surface area contributed by atoms with Gasteiger partial charge in [-0.3, -0.25) is 0 Å². The molecule has 0 aromatic carbocycles. The highest BCUT2D eigenvalue weighted by Gasteiger charge is 2.33. The fraction of sp³-hybridized carbons (Fsp3) is 0.588. The van der Waals surface area contributed by atoms with Crippen LogP contribution >= 0.6 is 0 Å². The van der Waals surface area contributed by atoms with Crippen LogP contribution in [0.25, 0.3) is 0 Å². The Morgan fingerprint density at radius 1 is 1.38 bits per heavy atom. The second-order valence-corrected chi connectivity index (χ2v) is 6.63. The van der Waals surface area contributed by atoms with E-state index in [-0.39, 0.29) is 30.2 Å². The molecule has 1 unspecified atom stereocenters. The molecule has 1 amide bonds. The van der Waals surface area contributed by atoms with Crippen molar-refractivity contribution in [3.63, 3.8) is 0 Å². The van der Waals surface area contributed by atoms with Crippen LogP contribution in [0.4, 0.5) is 4.79 Å². The third-order valence-electron chi connectivity index (χ3n) is 3.59. The normalized spacial score (nSPS) is 17.5. The minimum Gasteiger partial charge on any atom is -0.475 e. The summed E-state index contributed by atoms with van der Waals surface area (Å²) in [5.41, 5.74) is -0.272. The lowest BCUT2D eigenvalue weighted by molar-refractivity contribution is 0.0184. The van der Waals surface area contributed by atoms with E-state index in [1.165, 1.54) is 7.11 Å². The number of hydrogen-bond donors (Lipinski definition) is 0. The zero-order chi connectivity index (χ0) is 17.7. The second kappa shape index (κ2) is 7.51. The molecule has 1 saturated heterocycles. The van der Waals surface area contributed by atoms with Gasteiger partial charge in [-0.15, -0.1) is 0 Å². The van der Waals surface area contributed by atoms with Crippen LogP contribution in [0.15, 0.2) is 18.3 Å². The first-order valence-electron chi connectivity index (χ1n) is 7.97.